The normalized spacial score (nSPS) is 17.8. The molecule has 2 aromatic carbocycles. The standard InChI is InChI=1S/C23H28ClN3O5S2/c1-25(2)34(31,32)21-7-8-22-19(15-21)11-14-27(22)23(28)18-9-12-26(13-10-18)33(29,30)16-17-3-5-20(24)6-4-17/h3-8,15,18H,9-14,16H2,1-2H3. The van der Waals surface area contributed by atoms with Crippen molar-refractivity contribution in [2.75, 3.05) is 38.6 Å². The van der Waals surface area contributed by atoms with Crippen molar-refractivity contribution in [1.29, 1.82) is 0 Å². The van der Waals surface area contributed by atoms with Gasteiger partial charge in [0.25, 0.3) is 0 Å². The largest absolute Gasteiger partial charge is 0.312 e. The third kappa shape index (κ3) is 5.01. The van der Waals surface area contributed by atoms with E-state index in [9.17, 15) is 21.6 Å². The summed E-state index contributed by atoms with van der Waals surface area (Å²) in [5, 5.41) is 0.555. The lowest BCUT2D eigenvalue weighted by Crippen LogP contribution is -2.44. The minimum atomic E-state index is -3.54. The summed E-state index contributed by atoms with van der Waals surface area (Å²) < 4.78 is 53.2. The fourth-order valence-corrected chi connectivity index (χ4v) is 7.10. The maximum absolute atomic E-state index is 13.3. The smallest absolute Gasteiger partial charge is 0.242 e. The zero-order valence-electron chi connectivity index (χ0n) is 19.1. The summed E-state index contributed by atoms with van der Waals surface area (Å²) in [6, 6.07) is 11.6. The van der Waals surface area contributed by atoms with Crippen molar-refractivity contribution in [3.05, 3.63) is 58.6 Å². The monoisotopic (exact) mass is 525 g/mol. The fraction of sp³-hybridized carbons (Fsp3) is 0.435. The molecular weight excluding hydrogens is 498 g/mol. The van der Waals surface area contributed by atoms with E-state index in [1.54, 1.807) is 41.3 Å². The lowest BCUT2D eigenvalue weighted by Gasteiger charge is -2.32. The maximum atomic E-state index is 13.3. The predicted octanol–water partition coefficient (Wildman–Crippen LogP) is 2.72. The van der Waals surface area contributed by atoms with Crippen LogP contribution in [0.15, 0.2) is 47.4 Å². The molecule has 0 unspecified atom stereocenters. The first-order valence-corrected chi connectivity index (χ1v) is 14.5. The number of carbonyl (C=O) groups excluding carboxylic acids is 1. The molecule has 34 heavy (non-hydrogen) atoms. The summed E-state index contributed by atoms with van der Waals surface area (Å²) in [4.78, 5) is 15.2. The number of nitrogens with zero attached hydrogens (tertiary/aromatic N) is 3. The topological polar surface area (TPSA) is 95.1 Å². The molecule has 2 aromatic rings. The molecule has 4 rings (SSSR count). The molecule has 0 aromatic heterocycles. The maximum Gasteiger partial charge on any atom is 0.242 e. The zero-order valence-corrected chi connectivity index (χ0v) is 21.5. The van der Waals surface area contributed by atoms with Crippen LogP contribution in [0.25, 0.3) is 0 Å². The van der Waals surface area contributed by atoms with Crippen LogP contribution >= 0.6 is 11.6 Å². The van der Waals surface area contributed by atoms with Gasteiger partial charge in [0.1, 0.15) is 0 Å². The molecule has 1 amide bonds. The number of carbonyl (C=O) groups is 1. The molecule has 0 radical (unpaired) electrons. The minimum Gasteiger partial charge on any atom is -0.312 e. The molecule has 1 saturated heterocycles. The first-order valence-electron chi connectivity index (χ1n) is 11.1. The van der Waals surface area contributed by atoms with Crippen molar-refractivity contribution < 1.29 is 21.6 Å². The molecule has 11 heteroatoms. The predicted molar refractivity (Wildman–Crippen MR) is 132 cm³/mol. The number of anilines is 1. The van der Waals surface area contributed by atoms with Crippen molar-refractivity contribution >= 4 is 43.2 Å². The van der Waals surface area contributed by atoms with E-state index in [0.717, 1.165) is 11.3 Å². The van der Waals surface area contributed by atoms with Crippen molar-refractivity contribution in [2.24, 2.45) is 5.92 Å². The highest BCUT2D eigenvalue weighted by molar-refractivity contribution is 7.89. The Kier molecular flexibility index (Phi) is 7.08. The van der Waals surface area contributed by atoms with Crippen LogP contribution < -0.4 is 4.90 Å². The van der Waals surface area contributed by atoms with Gasteiger partial charge in [-0.05, 0) is 60.7 Å². The molecule has 0 aliphatic carbocycles. The number of benzene rings is 2. The summed E-state index contributed by atoms with van der Waals surface area (Å²) in [5.41, 5.74) is 2.24. The summed E-state index contributed by atoms with van der Waals surface area (Å²) >= 11 is 5.88. The first kappa shape index (κ1) is 25.1. The molecule has 0 saturated carbocycles. The SMILES string of the molecule is CN(C)S(=O)(=O)c1ccc2c(c1)CCN2C(=O)C1CCN(S(=O)(=O)Cc2ccc(Cl)cc2)CC1. The molecular formula is C23H28ClN3O5S2. The van der Waals surface area contributed by atoms with Crippen LogP contribution in [0.5, 0.6) is 0 Å². The van der Waals surface area contributed by atoms with Gasteiger partial charge in [-0.25, -0.2) is 25.4 Å². The Morgan fingerprint density at radius 3 is 2.26 bits per heavy atom. The zero-order chi connectivity index (χ0) is 24.7. The molecule has 0 spiro atoms. The highest BCUT2D eigenvalue weighted by Crippen LogP contribution is 2.33. The van der Waals surface area contributed by atoms with Crippen LogP contribution in [-0.4, -0.2) is 65.1 Å². The average Bonchev–Trinajstić information content (AvgIpc) is 3.23. The quantitative estimate of drug-likeness (QED) is 0.578. The first-order chi connectivity index (χ1) is 16.0. The van der Waals surface area contributed by atoms with Crippen molar-refractivity contribution in [1.82, 2.24) is 8.61 Å². The fourth-order valence-electron chi connectivity index (χ4n) is 4.46. The second-order valence-electron chi connectivity index (χ2n) is 8.87. The van der Waals surface area contributed by atoms with Gasteiger partial charge in [0, 0.05) is 50.4 Å². The number of amides is 1. The van der Waals surface area contributed by atoms with Crippen molar-refractivity contribution in [2.45, 2.75) is 29.9 Å². The van der Waals surface area contributed by atoms with E-state index < -0.39 is 20.0 Å². The molecule has 0 atom stereocenters. The third-order valence-corrected chi connectivity index (χ3v) is 10.4. The van der Waals surface area contributed by atoms with E-state index in [-0.39, 0.29) is 22.5 Å². The van der Waals surface area contributed by atoms with E-state index in [0.29, 0.717) is 49.5 Å². The number of hydrogen-bond acceptors (Lipinski definition) is 5. The Morgan fingerprint density at radius 2 is 1.65 bits per heavy atom. The van der Waals surface area contributed by atoms with Gasteiger partial charge in [0.2, 0.25) is 26.0 Å². The van der Waals surface area contributed by atoms with Crippen molar-refractivity contribution in [3.63, 3.8) is 0 Å². The van der Waals surface area contributed by atoms with Crippen LogP contribution in [0, 0.1) is 5.92 Å². The molecule has 2 aliphatic heterocycles. The van der Waals surface area contributed by atoms with Crippen molar-refractivity contribution in [3.8, 4) is 0 Å². The number of fused-ring (bicyclic) bond motifs is 1. The summed E-state index contributed by atoms with van der Waals surface area (Å²) in [6.45, 7) is 1.09. The number of hydrogen-bond donors (Lipinski definition) is 0. The molecule has 184 valence electrons. The van der Waals surface area contributed by atoms with E-state index >= 15 is 0 Å². The molecule has 2 aliphatic rings. The number of piperidine rings is 1. The number of rotatable bonds is 6. The van der Waals surface area contributed by atoms with Gasteiger partial charge in [-0.15, -0.1) is 0 Å². The van der Waals surface area contributed by atoms with Gasteiger partial charge in [-0.1, -0.05) is 23.7 Å². The van der Waals surface area contributed by atoms with Gasteiger partial charge in [0.15, 0.2) is 0 Å². The summed E-state index contributed by atoms with van der Waals surface area (Å²) in [6.07, 6.45) is 1.50. The van der Waals surface area contributed by atoms with Gasteiger partial charge in [-0.2, -0.15) is 0 Å². The van der Waals surface area contributed by atoms with E-state index in [2.05, 4.69) is 0 Å². The molecule has 2 heterocycles. The second-order valence-corrected chi connectivity index (χ2v) is 13.4. The summed E-state index contributed by atoms with van der Waals surface area (Å²) in [7, 11) is -4.06. The van der Waals surface area contributed by atoms with E-state index in [1.165, 1.54) is 28.8 Å². The Balaban J connectivity index is 1.40. The molecule has 0 bridgehead atoms. The second kappa shape index (κ2) is 9.58. The Hall–Kier alpha value is -1.98. The van der Waals surface area contributed by atoms with Crippen LogP contribution in [0.1, 0.15) is 24.0 Å². The van der Waals surface area contributed by atoms with Gasteiger partial charge < -0.3 is 4.90 Å². The Morgan fingerprint density at radius 1 is 1.00 bits per heavy atom. The Bertz CT molecular complexity index is 1290. The lowest BCUT2D eigenvalue weighted by molar-refractivity contribution is -0.123. The average molecular weight is 526 g/mol. The van der Waals surface area contributed by atoms with Crippen LogP contribution in [0.2, 0.25) is 5.02 Å². The van der Waals surface area contributed by atoms with Crippen LogP contribution in [-0.2, 0) is 37.0 Å². The van der Waals surface area contributed by atoms with E-state index in [4.69, 9.17) is 11.6 Å². The lowest BCUT2D eigenvalue weighted by atomic mass is 9.96. The van der Waals surface area contributed by atoms with E-state index in [1.807, 2.05) is 0 Å². The highest BCUT2D eigenvalue weighted by atomic mass is 35.5. The minimum absolute atomic E-state index is 0.0308. The van der Waals surface area contributed by atoms with Gasteiger partial charge >= 0.3 is 0 Å². The molecule has 0 N–H and O–H groups in total. The van der Waals surface area contributed by atoms with Gasteiger partial charge in [0.05, 0.1) is 10.6 Å². The van der Waals surface area contributed by atoms with Crippen LogP contribution in [0.4, 0.5) is 5.69 Å². The van der Waals surface area contributed by atoms with Gasteiger partial charge in [-0.3, -0.25) is 4.79 Å². The van der Waals surface area contributed by atoms with Crippen LogP contribution in [0.3, 0.4) is 0 Å². The highest BCUT2D eigenvalue weighted by Gasteiger charge is 2.35. The third-order valence-electron chi connectivity index (χ3n) is 6.45. The molecule has 1 fully saturated rings. The molecule has 8 nitrogen and oxygen atoms in total. The number of sulfonamides is 2. The number of halogens is 1. The summed E-state index contributed by atoms with van der Waals surface area (Å²) in [5.74, 6) is -0.393. The Labute approximate surface area is 206 Å².